The number of nitrogens with zero attached hydrogens (tertiary/aromatic N) is 3. The summed E-state index contributed by atoms with van der Waals surface area (Å²) in [6.07, 6.45) is 1.42. The van der Waals surface area contributed by atoms with Crippen LogP contribution in [0.3, 0.4) is 0 Å². The number of aryl methyl sites for hydroxylation is 1. The van der Waals surface area contributed by atoms with Crippen molar-refractivity contribution >= 4 is 17.6 Å². The first-order valence-electron chi connectivity index (χ1n) is 12.8. The van der Waals surface area contributed by atoms with Crippen molar-refractivity contribution in [2.24, 2.45) is 17.3 Å². The van der Waals surface area contributed by atoms with Gasteiger partial charge in [-0.25, -0.2) is 4.68 Å². The molecule has 0 saturated carbocycles. The minimum Gasteiger partial charge on any atom is -0.333 e. The van der Waals surface area contributed by atoms with Crippen LogP contribution in [0.5, 0.6) is 0 Å². The molecular formula is C29H46N4O2. The Morgan fingerprint density at radius 2 is 1.71 bits per heavy atom. The Bertz CT molecular complexity index is 1010. The van der Waals surface area contributed by atoms with E-state index in [1.807, 2.05) is 37.3 Å². The summed E-state index contributed by atoms with van der Waals surface area (Å²) < 4.78 is 1.78. The smallest absolute Gasteiger partial charge is 0.245 e. The van der Waals surface area contributed by atoms with Crippen molar-refractivity contribution in [2.75, 3.05) is 18.4 Å². The van der Waals surface area contributed by atoms with Crippen molar-refractivity contribution in [2.45, 2.75) is 87.5 Å². The van der Waals surface area contributed by atoms with Crippen LogP contribution in [-0.2, 0) is 15.0 Å². The normalized spacial score (nSPS) is 13.1. The quantitative estimate of drug-likeness (QED) is 0.452. The maximum Gasteiger partial charge on any atom is 0.245 e. The number of benzene rings is 1. The second kappa shape index (κ2) is 11.4. The highest BCUT2D eigenvalue weighted by molar-refractivity contribution is 5.94. The molecule has 194 valence electrons. The Labute approximate surface area is 212 Å². The third kappa shape index (κ3) is 9.15. The molecule has 0 radical (unpaired) electrons. The minimum atomic E-state index is -0.211. The van der Waals surface area contributed by atoms with Gasteiger partial charge in [0, 0.05) is 24.4 Å². The van der Waals surface area contributed by atoms with E-state index in [2.05, 4.69) is 67.6 Å². The minimum absolute atomic E-state index is 0.0309. The Morgan fingerprint density at radius 3 is 2.26 bits per heavy atom. The fraction of sp³-hybridized carbons (Fsp3) is 0.621. The molecule has 0 saturated heterocycles. The van der Waals surface area contributed by atoms with E-state index in [1.54, 1.807) is 9.58 Å². The Hall–Kier alpha value is -2.63. The number of carbonyl (C=O) groups excluding carboxylic acids is 2. The van der Waals surface area contributed by atoms with Gasteiger partial charge in [-0.2, -0.15) is 5.10 Å². The molecule has 1 unspecified atom stereocenters. The van der Waals surface area contributed by atoms with Crippen LogP contribution >= 0.6 is 0 Å². The third-order valence-corrected chi connectivity index (χ3v) is 5.75. The molecular weight excluding hydrogens is 436 g/mol. The first-order valence-corrected chi connectivity index (χ1v) is 12.8. The summed E-state index contributed by atoms with van der Waals surface area (Å²) in [5.41, 5.74) is 2.89. The van der Waals surface area contributed by atoms with Gasteiger partial charge in [0.25, 0.3) is 0 Å². The fourth-order valence-electron chi connectivity index (χ4n) is 4.39. The summed E-state index contributed by atoms with van der Waals surface area (Å²) >= 11 is 0. The summed E-state index contributed by atoms with van der Waals surface area (Å²) in [6, 6.07) is 9.97. The summed E-state index contributed by atoms with van der Waals surface area (Å²) in [4.78, 5) is 28.0. The molecule has 6 heteroatoms. The van der Waals surface area contributed by atoms with Crippen LogP contribution in [0.25, 0.3) is 5.69 Å². The zero-order valence-electron chi connectivity index (χ0n) is 23.5. The number of anilines is 1. The monoisotopic (exact) mass is 482 g/mol. The zero-order chi connectivity index (χ0) is 26.6. The third-order valence-electron chi connectivity index (χ3n) is 5.75. The lowest BCUT2D eigenvalue weighted by Crippen LogP contribution is -2.41. The lowest BCUT2D eigenvalue weighted by Gasteiger charge is -2.28. The Morgan fingerprint density at radius 1 is 1.06 bits per heavy atom. The number of nitrogens with one attached hydrogen (secondary N) is 1. The largest absolute Gasteiger partial charge is 0.333 e. The maximum absolute atomic E-state index is 13.2. The number of aromatic nitrogens is 2. The molecule has 6 nitrogen and oxygen atoms in total. The first-order chi connectivity index (χ1) is 16.0. The van der Waals surface area contributed by atoms with E-state index in [4.69, 9.17) is 5.10 Å². The zero-order valence-corrected chi connectivity index (χ0v) is 23.5. The molecule has 35 heavy (non-hydrogen) atoms. The maximum atomic E-state index is 13.2. The molecule has 0 bridgehead atoms. The summed E-state index contributed by atoms with van der Waals surface area (Å²) in [5, 5.41) is 7.84. The SMILES string of the molecule is Cc1cccc(-n2nc(C(C)(C)C)cc2NC(=O)CN(CC(C)C)C(=O)CC(C)CC(C)(C)C)c1. The molecule has 1 atom stereocenters. The molecule has 2 aromatic rings. The lowest BCUT2D eigenvalue weighted by atomic mass is 9.84. The standard InChI is InChI=1S/C29H46N4O2/c1-20(2)18-32(27(35)15-22(4)17-28(5,6)7)19-26(34)30-25-16-24(29(8,9)10)31-33(25)23-13-11-12-21(3)14-23/h11-14,16,20,22H,15,17-19H2,1-10H3,(H,30,34). The van der Waals surface area contributed by atoms with E-state index in [0.717, 1.165) is 23.4 Å². The van der Waals surface area contributed by atoms with Gasteiger partial charge in [0.2, 0.25) is 11.8 Å². The van der Waals surface area contributed by atoms with Crippen molar-refractivity contribution in [3.05, 3.63) is 41.6 Å². The predicted octanol–water partition coefficient (Wildman–Crippen LogP) is 6.36. The summed E-state index contributed by atoms with van der Waals surface area (Å²) in [7, 11) is 0. The van der Waals surface area contributed by atoms with Crippen LogP contribution < -0.4 is 5.32 Å². The van der Waals surface area contributed by atoms with E-state index in [1.165, 1.54) is 0 Å². The van der Waals surface area contributed by atoms with Crippen LogP contribution in [0.2, 0.25) is 0 Å². The van der Waals surface area contributed by atoms with Crippen LogP contribution in [0.1, 0.15) is 86.4 Å². The fourth-order valence-corrected chi connectivity index (χ4v) is 4.39. The van der Waals surface area contributed by atoms with Gasteiger partial charge >= 0.3 is 0 Å². The summed E-state index contributed by atoms with van der Waals surface area (Å²) in [5.74, 6) is 0.973. The summed E-state index contributed by atoms with van der Waals surface area (Å²) in [6.45, 7) is 21.7. The van der Waals surface area contributed by atoms with E-state index in [9.17, 15) is 9.59 Å². The second-order valence-electron chi connectivity index (χ2n) is 12.7. The van der Waals surface area contributed by atoms with E-state index < -0.39 is 0 Å². The van der Waals surface area contributed by atoms with Crippen LogP contribution in [0.4, 0.5) is 5.82 Å². The van der Waals surface area contributed by atoms with Gasteiger partial charge in [-0.05, 0) is 48.3 Å². The number of amides is 2. The highest BCUT2D eigenvalue weighted by atomic mass is 16.2. The van der Waals surface area contributed by atoms with Gasteiger partial charge in [0.05, 0.1) is 17.9 Å². The lowest BCUT2D eigenvalue weighted by molar-refractivity contribution is -0.136. The van der Waals surface area contributed by atoms with Gasteiger partial charge in [-0.3, -0.25) is 9.59 Å². The number of hydrogen-bond donors (Lipinski definition) is 1. The van der Waals surface area contributed by atoms with Crippen molar-refractivity contribution in [1.82, 2.24) is 14.7 Å². The van der Waals surface area contributed by atoms with Gasteiger partial charge in [-0.1, -0.05) is 74.4 Å². The van der Waals surface area contributed by atoms with Gasteiger partial charge in [0.15, 0.2) is 0 Å². The molecule has 1 aromatic heterocycles. The van der Waals surface area contributed by atoms with Crippen LogP contribution in [0.15, 0.2) is 30.3 Å². The first kappa shape index (κ1) is 28.6. The highest BCUT2D eigenvalue weighted by Gasteiger charge is 2.25. The molecule has 0 spiro atoms. The van der Waals surface area contributed by atoms with Crippen molar-refractivity contribution in [3.63, 3.8) is 0 Å². The Balaban J connectivity index is 2.24. The molecule has 0 fully saturated rings. The molecule has 0 aliphatic rings. The van der Waals surface area contributed by atoms with Crippen molar-refractivity contribution < 1.29 is 9.59 Å². The molecule has 1 N–H and O–H groups in total. The van der Waals surface area contributed by atoms with E-state index in [0.29, 0.717) is 18.8 Å². The van der Waals surface area contributed by atoms with Crippen LogP contribution in [0, 0.1) is 24.2 Å². The average Bonchev–Trinajstić information content (AvgIpc) is 3.09. The Kier molecular flexibility index (Phi) is 9.32. The molecule has 2 amide bonds. The van der Waals surface area contributed by atoms with E-state index >= 15 is 0 Å². The van der Waals surface area contributed by atoms with Gasteiger partial charge in [0.1, 0.15) is 5.82 Å². The predicted molar refractivity (Wildman–Crippen MR) is 145 cm³/mol. The van der Waals surface area contributed by atoms with Crippen molar-refractivity contribution in [3.8, 4) is 5.69 Å². The van der Waals surface area contributed by atoms with Crippen molar-refractivity contribution in [1.29, 1.82) is 0 Å². The second-order valence-corrected chi connectivity index (χ2v) is 12.7. The molecule has 0 aliphatic carbocycles. The topological polar surface area (TPSA) is 67.2 Å². The number of hydrogen-bond acceptors (Lipinski definition) is 3. The van der Waals surface area contributed by atoms with E-state index in [-0.39, 0.29) is 41.0 Å². The average molecular weight is 483 g/mol. The van der Waals surface area contributed by atoms with Gasteiger partial charge < -0.3 is 10.2 Å². The molecule has 2 rings (SSSR count). The molecule has 1 heterocycles. The number of carbonyl (C=O) groups is 2. The highest BCUT2D eigenvalue weighted by Crippen LogP contribution is 2.28. The van der Waals surface area contributed by atoms with Crippen LogP contribution in [-0.4, -0.2) is 39.6 Å². The molecule has 1 aromatic carbocycles. The number of rotatable bonds is 9. The molecule has 0 aliphatic heterocycles. The van der Waals surface area contributed by atoms with Gasteiger partial charge in [-0.15, -0.1) is 0 Å².